The first-order chi connectivity index (χ1) is 9.29. The van der Waals surface area contributed by atoms with Gasteiger partial charge in [-0.15, -0.1) is 0 Å². The van der Waals surface area contributed by atoms with Crippen LogP contribution in [0.15, 0.2) is 24.3 Å². The third-order valence-electron chi connectivity index (χ3n) is 3.69. The van der Waals surface area contributed by atoms with E-state index in [1.165, 1.54) is 30.6 Å². The molecule has 1 N–H and O–H groups in total. The lowest BCUT2D eigenvalue weighted by Crippen LogP contribution is -2.34. The van der Waals surface area contributed by atoms with Crippen LogP contribution in [0.3, 0.4) is 0 Å². The monoisotopic (exact) mass is 279 g/mol. The largest absolute Gasteiger partial charge is 0.496 e. The molecule has 1 aliphatic rings. The van der Waals surface area contributed by atoms with Gasteiger partial charge in [0.15, 0.2) is 0 Å². The second-order valence-electron chi connectivity index (χ2n) is 5.31. The van der Waals surface area contributed by atoms with Gasteiger partial charge in [-0.2, -0.15) is 11.8 Å². The average molecular weight is 279 g/mol. The highest BCUT2D eigenvalue weighted by molar-refractivity contribution is 7.99. The summed E-state index contributed by atoms with van der Waals surface area (Å²) in [4.78, 5) is 0. The van der Waals surface area contributed by atoms with Crippen LogP contribution in [-0.4, -0.2) is 30.7 Å². The molecule has 0 spiro atoms. The van der Waals surface area contributed by atoms with Crippen molar-refractivity contribution in [3.63, 3.8) is 0 Å². The van der Waals surface area contributed by atoms with Crippen molar-refractivity contribution in [3.05, 3.63) is 29.8 Å². The summed E-state index contributed by atoms with van der Waals surface area (Å²) in [5.41, 5.74) is 1.29. The predicted molar refractivity (Wildman–Crippen MR) is 84.3 cm³/mol. The molecule has 0 aliphatic carbocycles. The van der Waals surface area contributed by atoms with E-state index in [2.05, 4.69) is 36.1 Å². The van der Waals surface area contributed by atoms with E-state index in [-0.39, 0.29) is 0 Å². The van der Waals surface area contributed by atoms with Gasteiger partial charge >= 0.3 is 0 Å². The van der Waals surface area contributed by atoms with Crippen LogP contribution in [0.5, 0.6) is 5.75 Å². The Balaban J connectivity index is 1.78. The molecule has 0 radical (unpaired) electrons. The SMILES string of the molecule is COc1ccccc1CC(C)NCC1CCCCS1. The number of nitrogens with one attached hydrogen (secondary N) is 1. The first-order valence-corrected chi connectivity index (χ1v) is 8.31. The highest BCUT2D eigenvalue weighted by Gasteiger charge is 2.15. The Morgan fingerprint density at radius 2 is 2.21 bits per heavy atom. The van der Waals surface area contributed by atoms with Crippen molar-refractivity contribution >= 4 is 11.8 Å². The van der Waals surface area contributed by atoms with Crippen LogP contribution in [-0.2, 0) is 6.42 Å². The molecule has 1 aromatic rings. The van der Waals surface area contributed by atoms with Gasteiger partial charge in [0.25, 0.3) is 0 Å². The van der Waals surface area contributed by atoms with Crippen LogP contribution in [0.1, 0.15) is 31.7 Å². The minimum atomic E-state index is 0.499. The van der Waals surface area contributed by atoms with Gasteiger partial charge in [-0.3, -0.25) is 0 Å². The van der Waals surface area contributed by atoms with Crippen LogP contribution >= 0.6 is 11.8 Å². The van der Waals surface area contributed by atoms with Crippen LogP contribution < -0.4 is 10.1 Å². The van der Waals surface area contributed by atoms with Crippen molar-refractivity contribution in [2.24, 2.45) is 0 Å². The molecule has 0 saturated carbocycles. The zero-order chi connectivity index (χ0) is 13.5. The normalized spacial score (nSPS) is 21.1. The van der Waals surface area contributed by atoms with E-state index >= 15 is 0 Å². The molecule has 1 aromatic carbocycles. The highest BCUT2D eigenvalue weighted by Crippen LogP contribution is 2.24. The fraction of sp³-hybridized carbons (Fsp3) is 0.625. The van der Waals surface area contributed by atoms with Crippen LogP contribution in [0.4, 0.5) is 0 Å². The number of benzene rings is 1. The van der Waals surface area contributed by atoms with E-state index in [0.717, 1.165) is 24.0 Å². The zero-order valence-electron chi connectivity index (χ0n) is 12.0. The minimum Gasteiger partial charge on any atom is -0.496 e. The van der Waals surface area contributed by atoms with Crippen molar-refractivity contribution in [2.75, 3.05) is 19.4 Å². The van der Waals surface area contributed by atoms with Crippen molar-refractivity contribution < 1.29 is 4.74 Å². The van der Waals surface area contributed by atoms with Gasteiger partial charge in [-0.05, 0) is 43.6 Å². The molecule has 0 bridgehead atoms. The summed E-state index contributed by atoms with van der Waals surface area (Å²) in [5, 5.41) is 4.49. The third kappa shape index (κ3) is 4.73. The maximum Gasteiger partial charge on any atom is 0.122 e. The number of methoxy groups -OCH3 is 1. The molecule has 0 amide bonds. The van der Waals surface area contributed by atoms with Crippen molar-refractivity contribution in [1.29, 1.82) is 0 Å². The lowest BCUT2D eigenvalue weighted by molar-refractivity contribution is 0.406. The fourth-order valence-corrected chi connectivity index (χ4v) is 3.83. The molecule has 0 aromatic heterocycles. The van der Waals surface area contributed by atoms with Gasteiger partial charge in [-0.1, -0.05) is 24.6 Å². The Morgan fingerprint density at radius 3 is 2.95 bits per heavy atom. The summed E-state index contributed by atoms with van der Waals surface area (Å²) in [7, 11) is 1.75. The number of para-hydroxylation sites is 1. The second kappa shape index (κ2) is 7.81. The summed E-state index contributed by atoms with van der Waals surface area (Å²) in [6, 6.07) is 8.81. The quantitative estimate of drug-likeness (QED) is 0.861. The maximum atomic E-state index is 5.41. The number of rotatable bonds is 6. The van der Waals surface area contributed by atoms with E-state index in [4.69, 9.17) is 4.74 Å². The molecule has 2 nitrogen and oxygen atoms in total. The smallest absolute Gasteiger partial charge is 0.122 e. The van der Waals surface area contributed by atoms with Crippen LogP contribution in [0.2, 0.25) is 0 Å². The molecular formula is C16H25NOS. The maximum absolute atomic E-state index is 5.41. The van der Waals surface area contributed by atoms with Gasteiger partial charge in [-0.25, -0.2) is 0 Å². The topological polar surface area (TPSA) is 21.3 Å². The highest BCUT2D eigenvalue weighted by atomic mass is 32.2. The van der Waals surface area contributed by atoms with E-state index in [9.17, 15) is 0 Å². The molecule has 1 saturated heterocycles. The molecule has 1 heterocycles. The Morgan fingerprint density at radius 1 is 1.37 bits per heavy atom. The second-order valence-corrected chi connectivity index (χ2v) is 6.72. The van der Waals surface area contributed by atoms with Crippen molar-refractivity contribution in [2.45, 2.75) is 43.9 Å². The van der Waals surface area contributed by atoms with Crippen LogP contribution in [0.25, 0.3) is 0 Å². The van der Waals surface area contributed by atoms with Crippen LogP contribution in [0, 0.1) is 0 Å². The summed E-state index contributed by atoms with van der Waals surface area (Å²) >= 11 is 2.13. The molecule has 1 fully saturated rings. The number of thioether (sulfide) groups is 1. The molecule has 1 aliphatic heterocycles. The lowest BCUT2D eigenvalue weighted by atomic mass is 10.1. The first-order valence-electron chi connectivity index (χ1n) is 7.26. The fourth-order valence-electron chi connectivity index (χ4n) is 2.57. The van der Waals surface area contributed by atoms with E-state index in [0.29, 0.717) is 6.04 Å². The van der Waals surface area contributed by atoms with Gasteiger partial charge in [0.05, 0.1) is 7.11 Å². The zero-order valence-corrected chi connectivity index (χ0v) is 12.8. The first kappa shape index (κ1) is 14.7. The van der Waals surface area contributed by atoms with E-state index in [1.807, 2.05) is 12.1 Å². The number of hydrogen-bond acceptors (Lipinski definition) is 3. The number of ether oxygens (including phenoxy) is 1. The molecule has 2 atom stereocenters. The standard InChI is InChI=1S/C16H25NOS/c1-13(17-12-15-8-5-6-10-19-15)11-14-7-3-4-9-16(14)18-2/h3-4,7,9,13,15,17H,5-6,8,10-12H2,1-2H3. The minimum absolute atomic E-state index is 0.499. The van der Waals surface area contributed by atoms with Gasteiger partial charge in [0.2, 0.25) is 0 Å². The summed E-state index contributed by atoms with van der Waals surface area (Å²) in [5.74, 6) is 2.34. The molecule has 3 heteroatoms. The van der Waals surface area contributed by atoms with Gasteiger partial charge in [0, 0.05) is 17.8 Å². The average Bonchev–Trinajstić information content (AvgIpc) is 2.47. The van der Waals surface area contributed by atoms with E-state index < -0.39 is 0 Å². The summed E-state index contributed by atoms with van der Waals surface area (Å²) in [6.45, 7) is 3.40. The summed E-state index contributed by atoms with van der Waals surface area (Å²) in [6.07, 6.45) is 5.21. The molecular weight excluding hydrogens is 254 g/mol. The Bertz CT molecular complexity index is 377. The lowest BCUT2D eigenvalue weighted by Gasteiger charge is -2.24. The van der Waals surface area contributed by atoms with Crippen molar-refractivity contribution in [1.82, 2.24) is 5.32 Å². The summed E-state index contributed by atoms with van der Waals surface area (Å²) < 4.78 is 5.41. The molecule has 2 rings (SSSR count). The van der Waals surface area contributed by atoms with Crippen molar-refractivity contribution in [3.8, 4) is 5.75 Å². The Labute approximate surface area is 121 Å². The van der Waals surface area contributed by atoms with Gasteiger partial charge < -0.3 is 10.1 Å². The molecule has 2 unspecified atom stereocenters. The van der Waals surface area contributed by atoms with E-state index in [1.54, 1.807) is 7.11 Å². The van der Waals surface area contributed by atoms with Gasteiger partial charge in [0.1, 0.15) is 5.75 Å². The Kier molecular flexibility index (Phi) is 6.05. The molecule has 106 valence electrons. The third-order valence-corrected chi connectivity index (χ3v) is 5.08. The Hall–Kier alpha value is -0.670. The molecule has 19 heavy (non-hydrogen) atoms. The number of hydrogen-bond donors (Lipinski definition) is 1. The predicted octanol–water partition coefficient (Wildman–Crippen LogP) is 3.50.